The number of hydrogen-bond acceptors (Lipinski definition) is 10. The molecule has 0 N–H and O–H groups in total. The standard InChI is InChI=1S/C29H38N2O7S2/c1-28(2,3)38-27(34)37-25-15-23(20(17-32)14-24(25)35-7)31(26(33)36-18-29(4,5)40-39-8)16-21-13-19-11-9-10-12-22(19)30(21)6/h9-12,14-15,17,21H,13,16,18H2,1-8H3. The lowest BCUT2D eigenvalue weighted by Gasteiger charge is -2.32. The molecule has 218 valence electrons. The molecule has 0 spiro atoms. The van der Waals surface area contributed by atoms with Gasteiger partial charge < -0.3 is 23.8 Å². The predicted molar refractivity (Wildman–Crippen MR) is 161 cm³/mol. The number of aldehydes is 1. The zero-order valence-corrected chi connectivity index (χ0v) is 25.9. The van der Waals surface area contributed by atoms with Gasteiger partial charge in [0.25, 0.3) is 0 Å². The fourth-order valence-electron chi connectivity index (χ4n) is 4.34. The van der Waals surface area contributed by atoms with Crippen LogP contribution in [-0.4, -0.2) is 68.5 Å². The third-order valence-corrected chi connectivity index (χ3v) is 8.74. The second-order valence-corrected chi connectivity index (χ2v) is 14.1. The molecule has 1 atom stereocenters. The van der Waals surface area contributed by atoms with Gasteiger partial charge in [0, 0.05) is 30.9 Å². The van der Waals surface area contributed by atoms with Crippen molar-refractivity contribution < 1.29 is 33.3 Å². The van der Waals surface area contributed by atoms with E-state index in [1.807, 2.05) is 45.4 Å². The van der Waals surface area contributed by atoms with Crippen LogP contribution in [0.5, 0.6) is 11.5 Å². The number of benzene rings is 2. The van der Waals surface area contributed by atoms with Gasteiger partial charge in [-0.3, -0.25) is 9.69 Å². The fourth-order valence-corrected chi connectivity index (χ4v) is 6.40. The molecule has 0 fully saturated rings. The largest absolute Gasteiger partial charge is 0.514 e. The van der Waals surface area contributed by atoms with Crippen molar-refractivity contribution in [2.75, 3.05) is 43.4 Å². The third-order valence-electron chi connectivity index (χ3n) is 6.15. The van der Waals surface area contributed by atoms with Crippen molar-refractivity contribution in [3.63, 3.8) is 0 Å². The van der Waals surface area contributed by atoms with E-state index in [2.05, 4.69) is 11.0 Å². The zero-order chi connectivity index (χ0) is 29.7. The van der Waals surface area contributed by atoms with Crippen molar-refractivity contribution in [2.24, 2.45) is 0 Å². The van der Waals surface area contributed by atoms with E-state index in [1.165, 1.54) is 29.7 Å². The Balaban J connectivity index is 2.01. The Hall–Kier alpha value is -3.05. The van der Waals surface area contributed by atoms with E-state index >= 15 is 0 Å². The minimum atomic E-state index is -0.938. The number of fused-ring (bicyclic) bond motifs is 1. The number of anilines is 2. The summed E-state index contributed by atoms with van der Waals surface area (Å²) < 4.78 is 21.6. The molecule has 1 aliphatic rings. The molecule has 0 aromatic heterocycles. The first kappa shape index (κ1) is 31.5. The maximum absolute atomic E-state index is 13.7. The number of carbonyl (C=O) groups is 3. The zero-order valence-electron chi connectivity index (χ0n) is 24.3. The topological polar surface area (TPSA) is 94.6 Å². The Kier molecular flexibility index (Phi) is 10.3. The third kappa shape index (κ3) is 8.00. The quantitative estimate of drug-likeness (QED) is 0.130. The Morgan fingerprint density at radius 1 is 1.12 bits per heavy atom. The van der Waals surface area contributed by atoms with E-state index in [0.717, 1.165) is 5.69 Å². The molecule has 0 saturated heterocycles. The van der Waals surface area contributed by atoms with Crippen LogP contribution in [0, 0.1) is 0 Å². The molecule has 0 radical (unpaired) electrons. The minimum absolute atomic E-state index is 0.0106. The summed E-state index contributed by atoms with van der Waals surface area (Å²) in [5, 5.41) is 0. The second kappa shape index (κ2) is 13.1. The number of hydrogen-bond donors (Lipinski definition) is 0. The predicted octanol–water partition coefficient (Wildman–Crippen LogP) is 6.62. The Bertz CT molecular complexity index is 1230. The summed E-state index contributed by atoms with van der Waals surface area (Å²) in [6.45, 7) is 9.52. The molecule has 40 heavy (non-hydrogen) atoms. The maximum Gasteiger partial charge on any atom is 0.514 e. The van der Waals surface area contributed by atoms with Gasteiger partial charge in [-0.05, 0) is 65.0 Å². The number of methoxy groups -OCH3 is 1. The number of nitrogens with zero attached hydrogens (tertiary/aromatic N) is 2. The molecule has 1 heterocycles. The van der Waals surface area contributed by atoms with Crippen LogP contribution in [-0.2, 0) is 15.9 Å². The summed E-state index contributed by atoms with van der Waals surface area (Å²) in [4.78, 5) is 42.0. The number of amides is 1. The minimum Gasteiger partial charge on any atom is -0.493 e. The van der Waals surface area contributed by atoms with Gasteiger partial charge >= 0.3 is 12.2 Å². The Labute approximate surface area is 244 Å². The van der Waals surface area contributed by atoms with Gasteiger partial charge in [-0.25, -0.2) is 9.59 Å². The maximum atomic E-state index is 13.7. The Morgan fingerprint density at radius 2 is 1.82 bits per heavy atom. The van der Waals surface area contributed by atoms with E-state index in [0.29, 0.717) is 12.7 Å². The Morgan fingerprint density at radius 3 is 2.42 bits per heavy atom. The van der Waals surface area contributed by atoms with Crippen molar-refractivity contribution in [1.82, 2.24) is 0 Å². The number of para-hydroxylation sites is 1. The van der Waals surface area contributed by atoms with Gasteiger partial charge in [0.15, 0.2) is 17.8 Å². The molecule has 0 bridgehead atoms. The molecular formula is C29H38N2O7S2. The lowest BCUT2D eigenvalue weighted by Crippen LogP contribution is -2.45. The van der Waals surface area contributed by atoms with Crippen molar-refractivity contribution >= 4 is 51.5 Å². The highest BCUT2D eigenvalue weighted by Gasteiger charge is 2.33. The lowest BCUT2D eigenvalue weighted by molar-refractivity contribution is 0.0201. The summed E-state index contributed by atoms with van der Waals surface area (Å²) in [7, 11) is 6.57. The molecule has 0 aliphatic carbocycles. The fraction of sp³-hybridized carbons (Fsp3) is 0.483. The van der Waals surface area contributed by atoms with Crippen LogP contribution in [0.2, 0.25) is 0 Å². The monoisotopic (exact) mass is 590 g/mol. The van der Waals surface area contributed by atoms with Crippen LogP contribution >= 0.6 is 21.6 Å². The summed E-state index contributed by atoms with van der Waals surface area (Å²) in [6, 6.07) is 10.9. The molecule has 1 unspecified atom stereocenters. The SMILES string of the molecule is COc1cc(C=O)c(N(CC2Cc3ccccc3N2C)C(=O)OCC(C)(C)SSC)cc1OC(=O)OC(C)(C)C. The molecule has 3 rings (SSSR count). The normalized spacial score (nSPS) is 14.8. The first-order chi connectivity index (χ1) is 18.8. The highest BCUT2D eigenvalue weighted by molar-refractivity contribution is 8.76. The van der Waals surface area contributed by atoms with Crippen LogP contribution in [0.1, 0.15) is 50.5 Å². The lowest BCUT2D eigenvalue weighted by atomic mass is 10.1. The average molecular weight is 591 g/mol. The van der Waals surface area contributed by atoms with Crippen LogP contribution in [0.4, 0.5) is 21.0 Å². The highest BCUT2D eigenvalue weighted by atomic mass is 33.1. The second-order valence-electron chi connectivity index (χ2n) is 11.0. The van der Waals surface area contributed by atoms with Gasteiger partial charge in [0.1, 0.15) is 12.2 Å². The average Bonchev–Trinajstić information content (AvgIpc) is 3.19. The first-order valence-electron chi connectivity index (χ1n) is 12.8. The molecule has 1 amide bonds. The summed E-state index contributed by atoms with van der Waals surface area (Å²) in [6.07, 6.45) is 1.75. The molecule has 0 saturated carbocycles. The van der Waals surface area contributed by atoms with Gasteiger partial charge in [0.05, 0.1) is 23.6 Å². The molecule has 11 heteroatoms. The summed E-state index contributed by atoms with van der Waals surface area (Å²) in [5.74, 6) is 0.157. The van der Waals surface area contributed by atoms with E-state index < -0.39 is 17.8 Å². The van der Waals surface area contributed by atoms with Crippen molar-refractivity contribution in [1.29, 1.82) is 0 Å². The number of rotatable bonds is 10. The molecule has 2 aromatic rings. The van der Waals surface area contributed by atoms with Gasteiger partial charge in [0.2, 0.25) is 0 Å². The van der Waals surface area contributed by atoms with Gasteiger partial charge in [-0.15, -0.1) is 0 Å². The van der Waals surface area contributed by atoms with Crippen LogP contribution < -0.4 is 19.3 Å². The summed E-state index contributed by atoms with van der Waals surface area (Å²) >= 11 is 0. The number of likely N-dealkylation sites (N-methyl/N-ethyl adjacent to an activating group) is 1. The smallest absolute Gasteiger partial charge is 0.493 e. The van der Waals surface area contributed by atoms with E-state index in [9.17, 15) is 14.4 Å². The summed E-state index contributed by atoms with van der Waals surface area (Å²) in [5.41, 5.74) is 1.88. The first-order valence-corrected chi connectivity index (χ1v) is 15.4. The van der Waals surface area contributed by atoms with Gasteiger partial charge in [-0.1, -0.05) is 39.8 Å². The van der Waals surface area contributed by atoms with Crippen LogP contribution in [0.15, 0.2) is 36.4 Å². The van der Waals surface area contributed by atoms with E-state index in [4.69, 9.17) is 18.9 Å². The van der Waals surface area contributed by atoms with Crippen LogP contribution in [0.3, 0.4) is 0 Å². The number of ether oxygens (including phenoxy) is 4. The van der Waals surface area contributed by atoms with Gasteiger partial charge in [-0.2, -0.15) is 0 Å². The number of carbonyl (C=O) groups excluding carboxylic acids is 3. The van der Waals surface area contributed by atoms with E-state index in [-0.39, 0.29) is 46.7 Å². The highest BCUT2D eigenvalue weighted by Crippen LogP contribution is 2.38. The van der Waals surface area contributed by atoms with Crippen molar-refractivity contribution in [3.05, 3.63) is 47.5 Å². The van der Waals surface area contributed by atoms with E-state index in [1.54, 1.807) is 42.4 Å². The molecule has 1 aliphatic heterocycles. The molecular weight excluding hydrogens is 552 g/mol. The van der Waals surface area contributed by atoms with Crippen molar-refractivity contribution in [3.8, 4) is 11.5 Å². The van der Waals surface area contributed by atoms with Crippen molar-refractivity contribution in [2.45, 2.75) is 57.4 Å². The molecule has 9 nitrogen and oxygen atoms in total. The molecule has 2 aromatic carbocycles. The van der Waals surface area contributed by atoms with Crippen LogP contribution in [0.25, 0.3) is 0 Å².